The molecular formula is C11H21N5O. The smallest absolute Gasteiger partial charge is 0.222 e. The van der Waals surface area contributed by atoms with Crippen LogP contribution in [0, 0.1) is 0 Å². The molecule has 0 fully saturated rings. The molecule has 1 aromatic heterocycles. The Morgan fingerprint density at radius 3 is 2.94 bits per heavy atom. The third-order valence-electron chi connectivity index (χ3n) is 2.56. The van der Waals surface area contributed by atoms with E-state index in [1.54, 1.807) is 25.3 Å². The molecule has 1 N–H and O–H groups in total. The Kier molecular flexibility index (Phi) is 5.62. The van der Waals surface area contributed by atoms with Crippen LogP contribution in [0.1, 0.15) is 25.6 Å². The summed E-state index contributed by atoms with van der Waals surface area (Å²) in [5.41, 5.74) is 0. The van der Waals surface area contributed by atoms with Gasteiger partial charge in [0.05, 0.1) is 6.54 Å². The van der Waals surface area contributed by atoms with Crippen LogP contribution in [0.25, 0.3) is 0 Å². The van der Waals surface area contributed by atoms with Gasteiger partial charge in [-0.25, -0.2) is 0 Å². The van der Waals surface area contributed by atoms with Crippen LogP contribution in [0.15, 0.2) is 6.33 Å². The van der Waals surface area contributed by atoms with Crippen LogP contribution >= 0.6 is 0 Å². The average molecular weight is 239 g/mol. The largest absolute Gasteiger partial charge is 0.349 e. The Bertz CT molecular complexity index is 347. The minimum Gasteiger partial charge on any atom is -0.349 e. The Balaban J connectivity index is 2.14. The normalized spacial score (nSPS) is 10.5. The van der Waals surface area contributed by atoms with E-state index in [0.717, 1.165) is 25.3 Å². The minimum atomic E-state index is 0.170. The average Bonchev–Trinajstić information content (AvgIpc) is 2.75. The number of amides is 1. The van der Waals surface area contributed by atoms with E-state index in [1.165, 1.54) is 0 Å². The number of nitrogens with zero attached hydrogens (tertiary/aromatic N) is 4. The zero-order chi connectivity index (χ0) is 12.7. The second kappa shape index (κ2) is 7.01. The third kappa shape index (κ3) is 4.52. The van der Waals surface area contributed by atoms with Crippen molar-refractivity contribution in [1.82, 2.24) is 25.0 Å². The van der Waals surface area contributed by atoms with Gasteiger partial charge in [-0.15, -0.1) is 10.2 Å². The number of hydrogen-bond acceptors (Lipinski definition) is 4. The number of carbonyl (C=O) groups excluding carboxylic acids is 1. The first-order valence-electron chi connectivity index (χ1n) is 5.92. The molecular weight excluding hydrogens is 218 g/mol. The van der Waals surface area contributed by atoms with Gasteiger partial charge in [0, 0.05) is 27.1 Å². The maximum atomic E-state index is 11.3. The number of nitrogens with one attached hydrogen (secondary N) is 1. The molecule has 17 heavy (non-hydrogen) atoms. The zero-order valence-electron chi connectivity index (χ0n) is 10.8. The molecule has 0 unspecified atom stereocenters. The molecule has 96 valence electrons. The van der Waals surface area contributed by atoms with E-state index in [9.17, 15) is 4.79 Å². The first-order chi connectivity index (χ1) is 8.15. The summed E-state index contributed by atoms with van der Waals surface area (Å²) in [5, 5.41) is 11.1. The molecule has 0 spiro atoms. The maximum Gasteiger partial charge on any atom is 0.222 e. The molecule has 0 radical (unpaired) electrons. The number of rotatable bonds is 7. The molecule has 1 aromatic rings. The van der Waals surface area contributed by atoms with E-state index >= 15 is 0 Å². The Morgan fingerprint density at radius 1 is 1.53 bits per heavy atom. The number of aromatic nitrogens is 3. The lowest BCUT2D eigenvalue weighted by Crippen LogP contribution is -2.24. The van der Waals surface area contributed by atoms with Gasteiger partial charge in [-0.2, -0.15) is 0 Å². The number of carbonyl (C=O) groups is 1. The van der Waals surface area contributed by atoms with E-state index in [2.05, 4.69) is 22.4 Å². The lowest BCUT2D eigenvalue weighted by molar-refractivity contribution is -0.128. The highest BCUT2D eigenvalue weighted by Gasteiger charge is 2.04. The molecule has 0 bridgehead atoms. The molecule has 0 saturated heterocycles. The molecule has 0 saturated carbocycles. The van der Waals surface area contributed by atoms with Crippen molar-refractivity contribution < 1.29 is 4.79 Å². The molecule has 0 aromatic carbocycles. The van der Waals surface area contributed by atoms with Crippen LogP contribution in [-0.4, -0.2) is 46.2 Å². The van der Waals surface area contributed by atoms with Crippen LogP contribution in [0.5, 0.6) is 0 Å². The summed E-state index contributed by atoms with van der Waals surface area (Å²) in [7, 11) is 3.55. The first-order valence-corrected chi connectivity index (χ1v) is 5.92. The Labute approximate surface area is 102 Å². The van der Waals surface area contributed by atoms with Crippen molar-refractivity contribution in [2.75, 3.05) is 20.6 Å². The van der Waals surface area contributed by atoms with Gasteiger partial charge in [0.15, 0.2) is 0 Å². The summed E-state index contributed by atoms with van der Waals surface area (Å²) >= 11 is 0. The predicted octanol–water partition coefficient (Wildman–Crippen LogP) is 0.256. The summed E-state index contributed by atoms with van der Waals surface area (Å²) in [4.78, 5) is 12.9. The molecule has 1 rings (SSSR count). The monoisotopic (exact) mass is 239 g/mol. The quantitative estimate of drug-likeness (QED) is 0.693. The second-order valence-electron chi connectivity index (χ2n) is 4.10. The standard InChI is InChI=1S/C11H21N5O/c1-4-16-9-13-14-10(16)8-12-7-5-6-11(17)15(2)3/h9,12H,4-8H2,1-3H3. The molecule has 0 aliphatic carbocycles. The van der Waals surface area contributed by atoms with Crippen molar-refractivity contribution in [3.63, 3.8) is 0 Å². The second-order valence-corrected chi connectivity index (χ2v) is 4.10. The Morgan fingerprint density at radius 2 is 2.29 bits per heavy atom. The first kappa shape index (κ1) is 13.6. The van der Waals surface area contributed by atoms with Gasteiger partial charge in [-0.1, -0.05) is 0 Å². The van der Waals surface area contributed by atoms with Crippen molar-refractivity contribution >= 4 is 5.91 Å². The SMILES string of the molecule is CCn1cnnc1CNCCCC(=O)N(C)C. The van der Waals surface area contributed by atoms with Crippen LogP contribution in [0.3, 0.4) is 0 Å². The minimum absolute atomic E-state index is 0.170. The van der Waals surface area contributed by atoms with Crippen molar-refractivity contribution in [2.24, 2.45) is 0 Å². The van der Waals surface area contributed by atoms with Crippen molar-refractivity contribution in [2.45, 2.75) is 32.9 Å². The fraction of sp³-hybridized carbons (Fsp3) is 0.727. The van der Waals surface area contributed by atoms with Gasteiger partial charge in [0.25, 0.3) is 0 Å². The van der Waals surface area contributed by atoms with Gasteiger partial charge in [-0.3, -0.25) is 4.79 Å². The van der Waals surface area contributed by atoms with Gasteiger partial charge in [0.1, 0.15) is 12.2 Å². The summed E-state index contributed by atoms with van der Waals surface area (Å²) in [6, 6.07) is 0. The van der Waals surface area contributed by atoms with Gasteiger partial charge in [0.2, 0.25) is 5.91 Å². The lowest BCUT2D eigenvalue weighted by Gasteiger charge is -2.10. The van der Waals surface area contributed by atoms with Crippen molar-refractivity contribution in [3.8, 4) is 0 Å². The van der Waals surface area contributed by atoms with Crippen LogP contribution in [0.4, 0.5) is 0 Å². The van der Waals surface area contributed by atoms with Gasteiger partial charge in [-0.05, 0) is 19.9 Å². The summed E-state index contributed by atoms with van der Waals surface area (Å²) in [6.07, 6.45) is 3.16. The summed E-state index contributed by atoms with van der Waals surface area (Å²) < 4.78 is 2.00. The number of hydrogen-bond donors (Lipinski definition) is 1. The fourth-order valence-electron chi connectivity index (χ4n) is 1.47. The highest BCUT2D eigenvalue weighted by molar-refractivity contribution is 5.75. The molecule has 6 nitrogen and oxygen atoms in total. The van der Waals surface area contributed by atoms with Gasteiger partial charge >= 0.3 is 0 Å². The third-order valence-corrected chi connectivity index (χ3v) is 2.56. The van der Waals surface area contributed by atoms with Gasteiger partial charge < -0.3 is 14.8 Å². The van der Waals surface area contributed by atoms with Crippen molar-refractivity contribution in [1.29, 1.82) is 0 Å². The van der Waals surface area contributed by atoms with E-state index in [4.69, 9.17) is 0 Å². The molecule has 0 atom stereocenters. The van der Waals surface area contributed by atoms with Crippen molar-refractivity contribution in [3.05, 3.63) is 12.2 Å². The highest BCUT2D eigenvalue weighted by Crippen LogP contribution is 1.95. The molecule has 6 heteroatoms. The van der Waals surface area contributed by atoms with Crippen LogP contribution in [-0.2, 0) is 17.9 Å². The van der Waals surface area contributed by atoms with E-state index < -0.39 is 0 Å². The molecule has 0 aliphatic rings. The van der Waals surface area contributed by atoms with E-state index in [-0.39, 0.29) is 5.91 Å². The van der Waals surface area contributed by atoms with E-state index in [1.807, 2.05) is 4.57 Å². The summed E-state index contributed by atoms with van der Waals surface area (Å²) in [5.74, 6) is 1.11. The van der Waals surface area contributed by atoms with Crippen LogP contribution < -0.4 is 5.32 Å². The van der Waals surface area contributed by atoms with E-state index in [0.29, 0.717) is 13.0 Å². The topological polar surface area (TPSA) is 63.1 Å². The zero-order valence-corrected chi connectivity index (χ0v) is 10.8. The molecule has 0 aliphatic heterocycles. The number of aryl methyl sites for hydroxylation is 1. The molecule has 1 amide bonds. The van der Waals surface area contributed by atoms with Crippen LogP contribution in [0.2, 0.25) is 0 Å². The summed E-state index contributed by atoms with van der Waals surface area (Å²) in [6.45, 7) is 4.45. The Hall–Kier alpha value is -1.43. The predicted molar refractivity (Wildman–Crippen MR) is 65.3 cm³/mol. The maximum absolute atomic E-state index is 11.3. The highest BCUT2D eigenvalue weighted by atomic mass is 16.2. The fourth-order valence-corrected chi connectivity index (χ4v) is 1.47. The lowest BCUT2D eigenvalue weighted by atomic mass is 10.3. The molecule has 1 heterocycles.